The molecule has 7 nitrogen and oxygen atoms in total. The number of carbonyl (C=O) groups is 2. The van der Waals surface area contributed by atoms with Crippen molar-refractivity contribution in [3.05, 3.63) is 120 Å². The third-order valence-electron chi connectivity index (χ3n) is 7.88. The van der Waals surface area contributed by atoms with E-state index in [9.17, 15) is 14.7 Å². The van der Waals surface area contributed by atoms with Gasteiger partial charge in [-0.2, -0.15) is 0 Å². The highest BCUT2D eigenvalue weighted by Gasteiger charge is 2.43. The highest BCUT2D eigenvalue weighted by Crippen LogP contribution is 2.41. The van der Waals surface area contributed by atoms with Crippen LogP contribution in [0, 0.1) is 5.92 Å². The molecule has 0 radical (unpaired) electrons. The number of aliphatic carboxylic acids is 1. The Morgan fingerprint density at radius 3 is 2.44 bits per heavy atom. The number of nitrogens with one attached hydrogen (secondary N) is 1. The highest BCUT2D eigenvalue weighted by molar-refractivity contribution is 5.94. The lowest BCUT2D eigenvalue weighted by Gasteiger charge is -2.38. The first kappa shape index (κ1) is 27.9. The van der Waals surface area contributed by atoms with Crippen molar-refractivity contribution >= 4 is 28.7 Å². The monoisotopic (exact) mass is 548 g/mol. The number of carbonyl (C=O) groups excluding carboxylic acids is 1. The number of aryl methyl sites for hydroxylation is 1. The topological polar surface area (TPSA) is 87.5 Å². The van der Waals surface area contributed by atoms with Gasteiger partial charge in [-0.3, -0.25) is 9.69 Å². The Hall–Kier alpha value is -4.65. The summed E-state index contributed by atoms with van der Waals surface area (Å²) in [6.07, 6.45) is 10.3. The van der Waals surface area contributed by atoms with E-state index in [4.69, 9.17) is 4.98 Å². The summed E-state index contributed by atoms with van der Waals surface area (Å²) in [6.45, 7) is 2.95. The number of fused-ring (bicyclic) bond motifs is 1. The van der Waals surface area contributed by atoms with Crippen molar-refractivity contribution in [3.8, 4) is 0 Å². The summed E-state index contributed by atoms with van der Waals surface area (Å²) >= 11 is 0. The van der Waals surface area contributed by atoms with Crippen LogP contribution >= 0.6 is 0 Å². The molecular formula is C34H36N4O3. The minimum absolute atomic E-state index is 0.211. The zero-order valence-electron chi connectivity index (χ0n) is 23.5. The fourth-order valence-electron chi connectivity index (χ4n) is 5.72. The van der Waals surface area contributed by atoms with Crippen LogP contribution in [-0.4, -0.2) is 33.7 Å². The lowest BCUT2D eigenvalue weighted by Crippen LogP contribution is -2.42. The zero-order chi connectivity index (χ0) is 28.8. The van der Waals surface area contributed by atoms with E-state index in [1.807, 2.05) is 97.1 Å². The number of urea groups is 1. The van der Waals surface area contributed by atoms with Crippen molar-refractivity contribution in [2.45, 2.75) is 44.7 Å². The Morgan fingerprint density at radius 2 is 1.76 bits per heavy atom. The van der Waals surface area contributed by atoms with Crippen molar-refractivity contribution in [1.29, 1.82) is 0 Å². The highest BCUT2D eigenvalue weighted by atomic mass is 16.4. The minimum Gasteiger partial charge on any atom is -0.481 e. The van der Waals surface area contributed by atoms with Crippen LogP contribution in [0.25, 0.3) is 11.0 Å². The normalized spacial score (nSPS) is 18.0. The largest absolute Gasteiger partial charge is 0.481 e. The number of nitrogens with zero attached hydrogens (tertiary/aromatic N) is 3. The molecule has 4 aromatic rings. The molecule has 0 aliphatic heterocycles. The van der Waals surface area contributed by atoms with Gasteiger partial charge in [-0.1, -0.05) is 98.3 Å². The average Bonchev–Trinajstić information content (AvgIpc) is 3.35. The van der Waals surface area contributed by atoms with E-state index >= 15 is 0 Å². The second kappa shape index (κ2) is 12.3. The number of hydrogen-bond acceptors (Lipinski definition) is 3. The number of benzene rings is 3. The molecular weight excluding hydrogens is 512 g/mol. The molecule has 1 heterocycles. The summed E-state index contributed by atoms with van der Waals surface area (Å²) in [5.41, 5.74) is 3.56. The standard InChI is InChI=1S/C34H36N4O3/c1-3-4-18-31-36-29-20-19-27(37(33(41)35-2)23-25-13-7-5-8-14-25)22-30(29)38(31)24-34(26-15-9-6-10-16-26)21-12-11-17-28(34)32(39)40/h5-17,19-22,28H,3-4,18,23-24H2,1-2H3,(H,35,41)(H,39,40). The Bertz CT molecular complexity index is 1580. The van der Waals surface area contributed by atoms with Gasteiger partial charge in [0.05, 0.1) is 23.5 Å². The van der Waals surface area contributed by atoms with Crippen LogP contribution in [0.5, 0.6) is 0 Å². The third kappa shape index (κ3) is 5.66. The molecule has 2 atom stereocenters. The molecule has 2 unspecified atom stereocenters. The number of imidazole rings is 1. The molecule has 0 fully saturated rings. The van der Waals surface area contributed by atoms with Crippen LogP contribution in [-0.2, 0) is 29.7 Å². The molecule has 2 N–H and O–H groups in total. The van der Waals surface area contributed by atoms with Crippen LogP contribution in [0.15, 0.2) is 103 Å². The van der Waals surface area contributed by atoms with Gasteiger partial charge in [0, 0.05) is 31.1 Å². The van der Waals surface area contributed by atoms with Gasteiger partial charge in [-0.25, -0.2) is 9.78 Å². The molecule has 5 rings (SSSR count). The molecule has 2 amide bonds. The van der Waals surface area contributed by atoms with Crippen molar-refractivity contribution in [3.63, 3.8) is 0 Å². The maximum atomic E-state index is 13.1. The molecule has 210 valence electrons. The van der Waals surface area contributed by atoms with Gasteiger partial charge in [0.1, 0.15) is 5.82 Å². The van der Waals surface area contributed by atoms with E-state index in [-0.39, 0.29) is 6.03 Å². The Balaban J connectivity index is 1.66. The van der Waals surface area contributed by atoms with Gasteiger partial charge in [-0.15, -0.1) is 0 Å². The molecule has 0 saturated heterocycles. The van der Waals surface area contributed by atoms with Gasteiger partial charge in [-0.05, 0) is 35.7 Å². The number of anilines is 1. The second-order valence-corrected chi connectivity index (χ2v) is 10.5. The lowest BCUT2D eigenvalue weighted by molar-refractivity contribution is -0.142. The van der Waals surface area contributed by atoms with E-state index in [2.05, 4.69) is 16.8 Å². The number of amides is 2. The van der Waals surface area contributed by atoms with Gasteiger partial charge in [0.25, 0.3) is 0 Å². The van der Waals surface area contributed by atoms with E-state index in [1.54, 1.807) is 18.0 Å². The predicted octanol–water partition coefficient (Wildman–Crippen LogP) is 6.49. The maximum absolute atomic E-state index is 13.1. The number of carboxylic acid groups (broad SMARTS) is 1. The van der Waals surface area contributed by atoms with Gasteiger partial charge in [0.15, 0.2) is 0 Å². The molecule has 7 heteroatoms. The first-order valence-electron chi connectivity index (χ1n) is 14.1. The van der Waals surface area contributed by atoms with Crippen LogP contribution in [0.1, 0.15) is 36.7 Å². The SMILES string of the molecule is CCCCc1nc2ccc(N(Cc3ccccc3)C(=O)NC)cc2n1CC1(c2ccccc2)C=CC=CC1C(=O)O. The first-order valence-corrected chi connectivity index (χ1v) is 14.1. The van der Waals surface area contributed by atoms with Crippen LogP contribution in [0.4, 0.5) is 10.5 Å². The summed E-state index contributed by atoms with van der Waals surface area (Å²) in [4.78, 5) is 32.5. The third-order valence-corrected chi connectivity index (χ3v) is 7.88. The summed E-state index contributed by atoms with van der Waals surface area (Å²) in [6, 6.07) is 25.4. The molecule has 0 saturated carbocycles. The number of rotatable bonds is 10. The van der Waals surface area contributed by atoms with Gasteiger partial charge in [0.2, 0.25) is 0 Å². The Kier molecular flexibility index (Phi) is 8.34. The number of aromatic nitrogens is 2. The molecule has 1 aliphatic rings. The van der Waals surface area contributed by atoms with Crippen LogP contribution in [0.3, 0.4) is 0 Å². The Labute approximate surface area is 240 Å². The summed E-state index contributed by atoms with van der Waals surface area (Å²) in [7, 11) is 1.63. The number of unbranched alkanes of at least 4 members (excludes halogenated alkanes) is 1. The average molecular weight is 549 g/mol. The fourth-order valence-corrected chi connectivity index (χ4v) is 5.72. The molecule has 1 aliphatic carbocycles. The molecule has 0 spiro atoms. The quantitative estimate of drug-likeness (QED) is 0.237. The van der Waals surface area contributed by atoms with Crippen molar-refractivity contribution < 1.29 is 14.7 Å². The maximum Gasteiger partial charge on any atom is 0.321 e. The van der Waals surface area contributed by atoms with E-state index in [1.165, 1.54) is 0 Å². The summed E-state index contributed by atoms with van der Waals surface area (Å²) in [5, 5.41) is 13.1. The zero-order valence-corrected chi connectivity index (χ0v) is 23.5. The van der Waals surface area contributed by atoms with E-state index in [0.29, 0.717) is 13.1 Å². The molecule has 41 heavy (non-hydrogen) atoms. The van der Waals surface area contributed by atoms with Gasteiger partial charge < -0.3 is 15.0 Å². The van der Waals surface area contributed by atoms with Crippen LogP contribution < -0.4 is 10.2 Å². The first-order chi connectivity index (χ1) is 20.0. The Morgan fingerprint density at radius 1 is 1.02 bits per heavy atom. The van der Waals surface area contributed by atoms with Crippen molar-refractivity contribution in [1.82, 2.24) is 14.9 Å². The second-order valence-electron chi connectivity index (χ2n) is 10.5. The number of carboxylic acids is 1. The van der Waals surface area contributed by atoms with Gasteiger partial charge >= 0.3 is 12.0 Å². The van der Waals surface area contributed by atoms with Crippen LogP contribution in [0.2, 0.25) is 0 Å². The summed E-state index contributed by atoms with van der Waals surface area (Å²) < 4.78 is 2.17. The van der Waals surface area contributed by atoms with Crippen molar-refractivity contribution in [2.75, 3.05) is 11.9 Å². The number of allylic oxidation sites excluding steroid dienone is 3. The molecule has 0 bridgehead atoms. The fraction of sp³-hybridized carbons (Fsp3) is 0.265. The van der Waals surface area contributed by atoms with E-state index in [0.717, 1.165) is 52.9 Å². The lowest BCUT2D eigenvalue weighted by atomic mass is 9.68. The smallest absolute Gasteiger partial charge is 0.321 e. The predicted molar refractivity (Wildman–Crippen MR) is 163 cm³/mol. The van der Waals surface area contributed by atoms with E-state index < -0.39 is 17.3 Å². The van der Waals surface area contributed by atoms with Crippen molar-refractivity contribution in [2.24, 2.45) is 5.92 Å². The summed E-state index contributed by atoms with van der Waals surface area (Å²) in [5.74, 6) is -0.714. The molecule has 3 aromatic carbocycles. The molecule has 1 aromatic heterocycles. The number of hydrogen-bond donors (Lipinski definition) is 2. The minimum atomic E-state index is -0.872.